The fourth-order valence-corrected chi connectivity index (χ4v) is 2.42. The number of hydrogen-bond acceptors (Lipinski definition) is 2. The third-order valence-corrected chi connectivity index (χ3v) is 3.12. The molecule has 0 N–H and O–H groups in total. The predicted molar refractivity (Wildman–Crippen MR) is 65.1 cm³/mol. The second-order valence-corrected chi connectivity index (χ2v) is 5.26. The van der Waals surface area contributed by atoms with Gasteiger partial charge in [0.1, 0.15) is 5.76 Å². The minimum atomic E-state index is 0.584. The first kappa shape index (κ1) is 10.4. The molecule has 0 aliphatic rings. The van der Waals surface area contributed by atoms with E-state index >= 15 is 0 Å². The lowest BCUT2D eigenvalue weighted by Crippen LogP contribution is -1.88. The zero-order valence-corrected chi connectivity index (χ0v) is 9.75. The van der Waals surface area contributed by atoms with Crippen molar-refractivity contribution in [3.05, 3.63) is 42.7 Å². The molecule has 2 rings (SSSR count). The van der Waals surface area contributed by atoms with E-state index in [-0.39, 0.29) is 0 Å². The van der Waals surface area contributed by atoms with Gasteiger partial charge in [0, 0.05) is 15.7 Å². The van der Waals surface area contributed by atoms with Gasteiger partial charge in [-0.1, -0.05) is 32.0 Å². The summed E-state index contributed by atoms with van der Waals surface area (Å²) in [6.45, 7) is 4.40. The van der Waals surface area contributed by atoms with Crippen LogP contribution in [0.3, 0.4) is 0 Å². The first-order valence-corrected chi connectivity index (χ1v) is 5.95. The third-order valence-electron chi connectivity index (χ3n) is 2.04. The summed E-state index contributed by atoms with van der Waals surface area (Å²) in [6.07, 6.45) is 1.71. The van der Waals surface area contributed by atoms with Crippen molar-refractivity contribution >= 4 is 11.8 Å². The molecule has 15 heavy (non-hydrogen) atoms. The molecule has 2 heteroatoms. The lowest BCUT2D eigenvalue weighted by molar-refractivity contribution is 0.581. The highest BCUT2D eigenvalue weighted by Gasteiger charge is 2.08. The van der Waals surface area contributed by atoms with Gasteiger partial charge in [0.05, 0.1) is 6.26 Å². The van der Waals surface area contributed by atoms with Gasteiger partial charge in [-0.25, -0.2) is 0 Å². The molecule has 0 fully saturated rings. The summed E-state index contributed by atoms with van der Waals surface area (Å²) in [6, 6.07) is 12.3. The van der Waals surface area contributed by atoms with Crippen LogP contribution in [0.15, 0.2) is 52.0 Å². The monoisotopic (exact) mass is 218 g/mol. The second-order valence-electron chi connectivity index (χ2n) is 3.64. The Morgan fingerprint density at radius 1 is 1.07 bits per heavy atom. The van der Waals surface area contributed by atoms with Crippen molar-refractivity contribution in [3.8, 4) is 11.3 Å². The molecular weight excluding hydrogens is 204 g/mol. The molecule has 1 heterocycles. The molecule has 78 valence electrons. The van der Waals surface area contributed by atoms with E-state index < -0.39 is 0 Å². The SMILES string of the molecule is CC(C)Sc1ccccc1-c1ccco1. The summed E-state index contributed by atoms with van der Waals surface area (Å²) in [5.41, 5.74) is 1.18. The summed E-state index contributed by atoms with van der Waals surface area (Å²) in [5, 5.41) is 0.584. The molecule has 1 aromatic heterocycles. The first-order valence-electron chi connectivity index (χ1n) is 5.07. The van der Waals surface area contributed by atoms with Crippen LogP contribution in [0.5, 0.6) is 0 Å². The van der Waals surface area contributed by atoms with E-state index in [0.717, 1.165) is 5.76 Å². The van der Waals surface area contributed by atoms with E-state index in [2.05, 4.69) is 32.0 Å². The normalized spacial score (nSPS) is 10.9. The average molecular weight is 218 g/mol. The van der Waals surface area contributed by atoms with E-state index in [4.69, 9.17) is 4.42 Å². The van der Waals surface area contributed by atoms with Crippen LogP contribution in [-0.4, -0.2) is 5.25 Å². The van der Waals surface area contributed by atoms with Gasteiger partial charge in [0.15, 0.2) is 0 Å². The third kappa shape index (κ3) is 2.45. The van der Waals surface area contributed by atoms with E-state index in [9.17, 15) is 0 Å². The van der Waals surface area contributed by atoms with Gasteiger partial charge in [0.2, 0.25) is 0 Å². The topological polar surface area (TPSA) is 13.1 Å². The summed E-state index contributed by atoms with van der Waals surface area (Å²) in [4.78, 5) is 1.28. The maximum atomic E-state index is 5.43. The molecule has 0 aliphatic carbocycles. The summed E-state index contributed by atoms with van der Waals surface area (Å²) in [7, 11) is 0. The fraction of sp³-hybridized carbons (Fsp3) is 0.231. The highest BCUT2D eigenvalue weighted by atomic mass is 32.2. The van der Waals surface area contributed by atoms with Crippen LogP contribution in [-0.2, 0) is 0 Å². The Bertz CT molecular complexity index is 418. The Balaban J connectivity index is 2.38. The van der Waals surface area contributed by atoms with Gasteiger partial charge in [-0.05, 0) is 18.2 Å². The first-order chi connectivity index (χ1) is 7.27. The number of furan rings is 1. The van der Waals surface area contributed by atoms with Gasteiger partial charge in [-0.3, -0.25) is 0 Å². The van der Waals surface area contributed by atoms with E-state index in [0.29, 0.717) is 5.25 Å². The molecule has 2 aromatic rings. The number of hydrogen-bond donors (Lipinski definition) is 0. The number of thioether (sulfide) groups is 1. The van der Waals surface area contributed by atoms with Crippen molar-refractivity contribution in [1.82, 2.24) is 0 Å². The molecule has 0 spiro atoms. The van der Waals surface area contributed by atoms with Crippen LogP contribution in [0.1, 0.15) is 13.8 Å². The maximum absolute atomic E-state index is 5.43. The van der Waals surface area contributed by atoms with Crippen molar-refractivity contribution in [2.45, 2.75) is 24.0 Å². The van der Waals surface area contributed by atoms with Crippen LogP contribution in [0.25, 0.3) is 11.3 Å². The van der Waals surface area contributed by atoms with E-state index in [1.54, 1.807) is 6.26 Å². The maximum Gasteiger partial charge on any atom is 0.134 e. The van der Waals surface area contributed by atoms with E-state index in [1.165, 1.54) is 10.5 Å². The quantitative estimate of drug-likeness (QED) is 0.706. The smallest absolute Gasteiger partial charge is 0.134 e. The van der Waals surface area contributed by atoms with Gasteiger partial charge in [-0.15, -0.1) is 11.8 Å². The zero-order chi connectivity index (χ0) is 10.7. The van der Waals surface area contributed by atoms with Crippen molar-refractivity contribution in [3.63, 3.8) is 0 Å². The second kappa shape index (κ2) is 4.58. The van der Waals surface area contributed by atoms with Crippen LogP contribution in [0.2, 0.25) is 0 Å². The molecule has 1 nitrogen and oxygen atoms in total. The largest absolute Gasteiger partial charge is 0.464 e. The Labute approximate surface area is 94.5 Å². The number of rotatable bonds is 3. The van der Waals surface area contributed by atoms with Crippen LogP contribution in [0, 0.1) is 0 Å². The molecule has 0 unspecified atom stereocenters. The van der Waals surface area contributed by atoms with Crippen molar-refractivity contribution in [2.24, 2.45) is 0 Å². The van der Waals surface area contributed by atoms with Crippen LogP contribution < -0.4 is 0 Å². The Hall–Kier alpha value is -1.15. The van der Waals surface area contributed by atoms with E-state index in [1.807, 2.05) is 30.0 Å². The molecule has 1 aromatic carbocycles. The van der Waals surface area contributed by atoms with Crippen molar-refractivity contribution < 1.29 is 4.42 Å². The highest BCUT2D eigenvalue weighted by molar-refractivity contribution is 8.00. The summed E-state index contributed by atoms with van der Waals surface area (Å²) in [5.74, 6) is 0.943. The fourth-order valence-electron chi connectivity index (χ4n) is 1.46. The standard InChI is InChI=1S/C13H14OS/c1-10(2)15-13-8-4-3-6-11(13)12-7-5-9-14-12/h3-10H,1-2H3. The molecule has 0 amide bonds. The van der Waals surface area contributed by atoms with Crippen LogP contribution in [0.4, 0.5) is 0 Å². The van der Waals surface area contributed by atoms with Gasteiger partial charge >= 0.3 is 0 Å². The Morgan fingerprint density at radius 3 is 2.53 bits per heavy atom. The van der Waals surface area contributed by atoms with Crippen molar-refractivity contribution in [1.29, 1.82) is 0 Å². The van der Waals surface area contributed by atoms with Crippen LogP contribution >= 0.6 is 11.8 Å². The van der Waals surface area contributed by atoms with Gasteiger partial charge in [-0.2, -0.15) is 0 Å². The predicted octanol–water partition coefficient (Wildman–Crippen LogP) is 4.45. The molecule has 0 aliphatic heterocycles. The molecule has 0 saturated heterocycles. The lowest BCUT2D eigenvalue weighted by Gasteiger charge is -2.08. The number of benzene rings is 1. The van der Waals surface area contributed by atoms with Crippen molar-refractivity contribution in [2.75, 3.05) is 0 Å². The van der Waals surface area contributed by atoms with Gasteiger partial charge < -0.3 is 4.42 Å². The molecule has 0 saturated carbocycles. The molecule has 0 atom stereocenters. The Morgan fingerprint density at radius 2 is 1.87 bits per heavy atom. The zero-order valence-electron chi connectivity index (χ0n) is 8.94. The minimum absolute atomic E-state index is 0.584. The lowest BCUT2D eigenvalue weighted by atomic mass is 10.2. The summed E-state index contributed by atoms with van der Waals surface area (Å²) >= 11 is 1.86. The summed E-state index contributed by atoms with van der Waals surface area (Å²) < 4.78 is 5.43. The molecule has 0 bridgehead atoms. The highest BCUT2D eigenvalue weighted by Crippen LogP contribution is 2.33. The molecular formula is C13H14OS. The molecule has 0 radical (unpaired) electrons. The van der Waals surface area contributed by atoms with Gasteiger partial charge in [0.25, 0.3) is 0 Å². The Kier molecular flexibility index (Phi) is 3.17. The minimum Gasteiger partial charge on any atom is -0.464 e. The average Bonchev–Trinajstić information content (AvgIpc) is 2.70.